The lowest BCUT2D eigenvalue weighted by Crippen LogP contribution is -2.35. The zero-order valence-electron chi connectivity index (χ0n) is 10.2. The Kier molecular flexibility index (Phi) is 3.84. The molecular weight excluding hydrogens is 216 g/mol. The quantitative estimate of drug-likeness (QED) is 0.811. The van der Waals surface area contributed by atoms with E-state index >= 15 is 0 Å². The molecule has 1 unspecified atom stereocenters. The zero-order valence-corrected chi connectivity index (χ0v) is 10.2. The van der Waals surface area contributed by atoms with Crippen LogP contribution >= 0.6 is 0 Å². The predicted octanol–water partition coefficient (Wildman–Crippen LogP) is 1.36. The van der Waals surface area contributed by atoms with Crippen molar-refractivity contribution in [2.24, 2.45) is 13.0 Å². The zero-order chi connectivity index (χ0) is 12.3. The molecule has 1 fully saturated rings. The summed E-state index contributed by atoms with van der Waals surface area (Å²) in [4.78, 5) is 11.6. The van der Waals surface area contributed by atoms with Crippen LogP contribution in [0.15, 0.2) is 18.3 Å². The summed E-state index contributed by atoms with van der Waals surface area (Å²) in [6.45, 7) is 0.543. The van der Waals surface area contributed by atoms with Gasteiger partial charge in [-0.15, -0.1) is 0 Å². The molecule has 2 N–H and O–H groups in total. The minimum atomic E-state index is -0.503. The summed E-state index contributed by atoms with van der Waals surface area (Å²) in [5, 5.41) is 12.8. The van der Waals surface area contributed by atoms with Crippen molar-refractivity contribution in [2.75, 3.05) is 6.54 Å². The lowest BCUT2D eigenvalue weighted by atomic mass is 9.85. The van der Waals surface area contributed by atoms with E-state index in [1.54, 1.807) is 0 Å². The molecule has 0 saturated heterocycles. The second-order valence-corrected chi connectivity index (χ2v) is 4.77. The van der Waals surface area contributed by atoms with E-state index in [-0.39, 0.29) is 11.8 Å². The van der Waals surface area contributed by atoms with Crippen LogP contribution in [0.3, 0.4) is 0 Å². The van der Waals surface area contributed by atoms with Crippen molar-refractivity contribution in [2.45, 2.75) is 31.8 Å². The molecule has 17 heavy (non-hydrogen) atoms. The van der Waals surface area contributed by atoms with E-state index in [0.717, 1.165) is 18.5 Å². The second kappa shape index (κ2) is 5.36. The van der Waals surface area contributed by atoms with Crippen LogP contribution in [0.1, 0.15) is 37.5 Å². The number of carbonyl (C=O) groups is 1. The third kappa shape index (κ3) is 2.88. The average molecular weight is 236 g/mol. The monoisotopic (exact) mass is 236 g/mol. The van der Waals surface area contributed by atoms with Crippen LogP contribution in [-0.4, -0.2) is 22.1 Å². The van der Waals surface area contributed by atoms with Crippen LogP contribution in [-0.2, 0) is 11.8 Å². The van der Waals surface area contributed by atoms with E-state index in [1.807, 2.05) is 29.9 Å². The summed E-state index contributed by atoms with van der Waals surface area (Å²) in [5.41, 5.74) is 0.892. The minimum absolute atomic E-state index is 0.148. The number of aromatic nitrogens is 1. The maximum absolute atomic E-state index is 11.6. The highest BCUT2D eigenvalue weighted by Gasteiger charge is 2.24. The number of aryl methyl sites for hydroxylation is 1. The Morgan fingerprint density at radius 1 is 1.65 bits per heavy atom. The van der Waals surface area contributed by atoms with Crippen LogP contribution in [0.2, 0.25) is 0 Å². The number of hydrogen-bond donors (Lipinski definition) is 2. The fourth-order valence-corrected chi connectivity index (χ4v) is 2.12. The van der Waals surface area contributed by atoms with E-state index in [1.165, 1.54) is 6.42 Å². The maximum Gasteiger partial charge on any atom is 0.223 e. The molecule has 4 nitrogen and oxygen atoms in total. The molecule has 2 rings (SSSR count). The Balaban J connectivity index is 1.71. The molecule has 0 radical (unpaired) electrons. The van der Waals surface area contributed by atoms with Gasteiger partial charge in [-0.2, -0.15) is 0 Å². The summed E-state index contributed by atoms with van der Waals surface area (Å²) in [7, 11) is 1.91. The molecule has 0 spiro atoms. The van der Waals surface area contributed by atoms with Crippen LogP contribution in [0.5, 0.6) is 0 Å². The number of rotatable bonds is 5. The fraction of sp³-hybridized carbons (Fsp3) is 0.615. The average Bonchev–Trinajstić information content (AvgIpc) is 2.61. The van der Waals surface area contributed by atoms with Gasteiger partial charge in [0.15, 0.2) is 0 Å². The van der Waals surface area contributed by atoms with E-state index in [0.29, 0.717) is 13.0 Å². The highest BCUT2D eigenvalue weighted by molar-refractivity contribution is 5.79. The number of nitrogens with zero attached hydrogens (tertiary/aromatic N) is 1. The van der Waals surface area contributed by atoms with Crippen molar-refractivity contribution >= 4 is 5.91 Å². The Hall–Kier alpha value is -1.29. The highest BCUT2D eigenvalue weighted by Crippen LogP contribution is 2.26. The summed E-state index contributed by atoms with van der Waals surface area (Å²) in [6.07, 6.45) is 5.18. The first-order valence-corrected chi connectivity index (χ1v) is 6.25. The molecule has 0 aromatic carbocycles. The Labute approximate surface area is 102 Å². The molecular formula is C13H20N2O2. The Bertz CT molecular complexity index is 383. The molecule has 1 amide bonds. The SMILES string of the molecule is Cn1cccc1C(O)CCNC(=O)C1CCC1. The van der Waals surface area contributed by atoms with Gasteiger partial charge in [-0.1, -0.05) is 6.42 Å². The van der Waals surface area contributed by atoms with Crippen molar-refractivity contribution < 1.29 is 9.90 Å². The van der Waals surface area contributed by atoms with E-state index in [4.69, 9.17) is 0 Å². The maximum atomic E-state index is 11.6. The van der Waals surface area contributed by atoms with Gasteiger partial charge in [0, 0.05) is 31.4 Å². The standard InChI is InChI=1S/C13H20N2O2/c1-15-9-3-6-11(15)12(16)7-8-14-13(17)10-4-2-5-10/h3,6,9-10,12,16H,2,4-5,7-8H2,1H3,(H,14,17). The summed E-state index contributed by atoms with van der Waals surface area (Å²) < 4.78 is 1.90. The van der Waals surface area contributed by atoms with Gasteiger partial charge < -0.3 is 15.0 Å². The molecule has 1 aliphatic carbocycles. The van der Waals surface area contributed by atoms with Crippen molar-refractivity contribution in [3.63, 3.8) is 0 Å². The van der Waals surface area contributed by atoms with Gasteiger partial charge in [0.25, 0.3) is 0 Å². The molecule has 94 valence electrons. The molecule has 1 aliphatic rings. The smallest absolute Gasteiger partial charge is 0.223 e. The molecule has 1 heterocycles. The summed E-state index contributed by atoms with van der Waals surface area (Å²) in [6, 6.07) is 3.81. The highest BCUT2D eigenvalue weighted by atomic mass is 16.3. The van der Waals surface area contributed by atoms with Crippen molar-refractivity contribution in [3.8, 4) is 0 Å². The van der Waals surface area contributed by atoms with Gasteiger partial charge in [0.1, 0.15) is 0 Å². The van der Waals surface area contributed by atoms with Gasteiger partial charge in [-0.25, -0.2) is 0 Å². The Morgan fingerprint density at radius 2 is 2.41 bits per heavy atom. The van der Waals surface area contributed by atoms with Crippen molar-refractivity contribution in [3.05, 3.63) is 24.0 Å². The number of hydrogen-bond acceptors (Lipinski definition) is 2. The van der Waals surface area contributed by atoms with Gasteiger partial charge in [0.05, 0.1) is 6.10 Å². The molecule has 0 bridgehead atoms. The number of aliphatic hydroxyl groups is 1. The van der Waals surface area contributed by atoms with Crippen LogP contribution in [0.4, 0.5) is 0 Å². The molecule has 1 aromatic heterocycles. The first-order chi connectivity index (χ1) is 8.18. The summed E-state index contributed by atoms with van der Waals surface area (Å²) >= 11 is 0. The van der Waals surface area contributed by atoms with E-state index in [9.17, 15) is 9.90 Å². The number of aliphatic hydroxyl groups excluding tert-OH is 1. The van der Waals surface area contributed by atoms with Crippen LogP contribution in [0, 0.1) is 5.92 Å². The largest absolute Gasteiger partial charge is 0.387 e. The topological polar surface area (TPSA) is 54.3 Å². The van der Waals surface area contributed by atoms with E-state index in [2.05, 4.69) is 5.32 Å². The summed E-state index contributed by atoms with van der Waals surface area (Å²) in [5.74, 6) is 0.373. The molecule has 4 heteroatoms. The van der Waals surface area contributed by atoms with Gasteiger partial charge in [-0.05, 0) is 31.4 Å². The third-order valence-electron chi connectivity index (χ3n) is 3.52. The van der Waals surface area contributed by atoms with Crippen molar-refractivity contribution in [1.29, 1.82) is 0 Å². The third-order valence-corrected chi connectivity index (χ3v) is 3.52. The lowest BCUT2D eigenvalue weighted by Gasteiger charge is -2.24. The van der Waals surface area contributed by atoms with E-state index < -0.39 is 6.10 Å². The first-order valence-electron chi connectivity index (χ1n) is 6.25. The number of carbonyl (C=O) groups excluding carboxylic acids is 1. The normalized spacial score (nSPS) is 17.5. The van der Waals surface area contributed by atoms with Gasteiger partial charge in [-0.3, -0.25) is 4.79 Å². The van der Waals surface area contributed by atoms with Crippen LogP contribution in [0.25, 0.3) is 0 Å². The molecule has 0 aliphatic heterocycles. The predicted molar refractivity (Wildman–Crippen MR) is 65.3 cm³/mol. The molecule has 1 saturated carbocycles. The van der Waals surface area contributed by atoms with Crippen LogP contribution < -0.4 is 5.32 Å². The fourth-order valence-electron chi connectivity index (χ4n) is 2.12. The van der Waals surface area contributed by atoms with Gasteiger partial charge in [0.2, 0.25) is 5.91 Å². The molecule has 1 aromatic rings. The first kappa shape index (κ1) is 12.2. The lowest BCUT2D eigenvalue weighted by molar-refractivity contribution is -0.127. The van der Waals surface area contributed by atoms with Crippen molar-refractivity contribution in [1.82, 2.24) is 9.88 Å². The minimum Gasteiger partial charge on any atom is -0.387 e. The second-order valence-electron chi connectivity index (χ2n) is 4.77. The molecule has 1 atom stereocenters. The number of amides is 1. The Morgan fingerprint density at radius 3 is 2.94 bits per heavy atom. The van der Waals surface area contributed by atoms with Gasteiger partial charge >= 0.3 is 0 Å². The number of nitrogens with one attached hydrogen (secondary N) is 1.